The van der Waals surface area contributed by atoms with Gasteiger partial charge in [0.2, 0.25) is 5.91 Å². The number of amides is 1. The topological polar surface area (TPSA) is 29.1 Å². The van der Waals surface area contributed by atoms with Gasteiger partial charge in [-0.05, 0) is 34.3 Å². The van der Waals surface area contributed by atoms with Crippen LogP contribution in [0.25, 0.3) is 0 Å². The van der Waals surface area contributed by atoms with E-state index in [9.17, 15) is 13.6 Å². The van der Waals surface area contributed by atoms with Crippen LogP contribution in [0.4, 0.5) is 14.5 Å². The van der Waals surface area contributed by atoms with Gasteiger partial charge >= 0.3 is 0 Å². The SMILES string of the molecule is CC1CC1C(=O)Nc1cc(F)c(Br)cc1F. The molecule has 5 heteroatoms. The van der Waals surface area contributed by atoms with Crippen LogP contribution in [0.2, 0.25) is 0 Å². The Morgan fingerprint density at radius 1 is 1.44 bits per heavy atom. The average molecular weight is 290 g/mol. The van der Waals surface area contributed by atoms with Crippen molar-refractivity contribution in [2.24, 2.45) is 11.8 Å². The summed E-state index contributed by atoms with van der Waals surface area (Å²) in [5.74, 6) is -1.21. The van der Waals surface area contributed by atoms with E-state index in [0.29, 0.717) is 5.92 Å². The number of anilines is 1. The van der Waals surface area contributed by atoms with Crippen LogP contribution < -0.4 is 5.32 Å². The molecule has 0 aliphatic heterocycles. The zero-order chi connectivity index (χ0) is 11.9. The van der Waals surface area contributed by atoms with Crippen molar-refractivity contribution in [1.82, 2.24) is 0 Å². The number of carbonyl (C=O) groups excluding carboxylic acids is 1. The fourth-order valence-corrected chi connectivity index (χ4v) is 1.85. The zero-order valence-corrected chi connectivity index (χ0v) is 10.1. The number of hydrogen-bond donors (Lipinski definition) is 1. The van der Waals surface area contributed by atoms with Crippen molar-refractivity contribution < 1.29 is 13.6 Å². The fraction of sp³-hybridized carbons (Fsp3) is 0.364. The summed E-state index contributed by atoms with van der Waals surface area (Å²) in [7, 11) is 0. The van der Waals surface area contributed by atoms with E-state index in [2.05, 4.69) is 21.2 Å². The molecule has 16 heavy (non-hydrogen) atoms. The molecule has 1 aromatic rings. The third kappa shape index (κ3) is 2.24. The lowest BCUT2D eigenvalue weighted by Gasteiger charge is -2.06. The van der Waals surface area contributed by atoms with E-state index in [0.717, 1.165) is 18.6 Å². The quantitative estimate of drug-likeness (QED) is 0.832. The van der Waals surface area contributed by atoms with Gasteiger partial charge < -0.3 is 5.32 Å². The van der Waals surface area contributed by atoms with Gasteiger partial charge in [0.25, 0.3) is 0 Å². The smallest absolute Gasteiger partial charge is 0.227 e. The summed E-state index contributed by atoms with van der Waals surface area (Å²) in [5, 5.41) is 2.40. The summed E-state index contributed by atoms with van der Waals surface area (Å²) in [5.41, 5.74) is -0.107. The third-order valence-electron chi connectivity index (χ3n) is 2.71. The van der Waals surface area contributed by atoms with Crippen LogP contribution in [0, 0.1) is 23.5 Å². The fourth-order valence-electron chi connectivity index (χ4n) is 1.53. The van der Waals surface area contributed by atoms with Gasteiger partial charge in [-0.1, -0.05) is 6.92 Å². The Kier molecular flexibility index (Phi) is 2.97. The van der Waals surface area contributed by atoms with Crippen molar-refractivity contribution in [2.75, 3.05) is 5.32 Å². The predicted molar refractivity (Wildman–Crippen MR) is 60.0 cm³/mol. The van der Waals surface area contributed by atoms with E-state index in [1.807, 2.05) is 6.92 Å². The lowest BCUT2D eigenvalue weighted by molar-refractivity contribution is -0.117. The Hall–Kier alpha value is -0.970. The number of rotatable bonds is 2. The van der Waals surface area contributed by atoms with Gasteiger partial charge in [0.15, 0.2) is 0 Å². The average Bonchev–Trinajstić information content (AvgIpc) is 2.92. The van der Waals surface area contributed by atoms with E-state index in [1.165, 1.54) is 0 Å². The van der Waals surface area contributed by atoms with Gasteiger partial charge in [-0.3, -0.25) is 4.79 Å². The van der Waals surface area contributed by atoms with Crippen LogP contribution in [0.15, 0.2) is 16.6 Å². The molecule has 1 amide bonds. The molecular weight excluding hydrogens is 280 g/mol. The van der Waals surface area contributed by atoms with E-state index in [4.69, 9.17) is 0 Å². The molecule has 86 valence electrons. The minimum atomic E-state index is -0.644. The molecule has 1 saturated carbocycles. The Morgan fingerprint density at radius 3 is 2.62 bits per heavy atom. The van der Waals surface area contributed by atoms with Crippen molar-refractivity contribution in [3.8, 4) is 0 Å². The zero-order valence-electron chi connectivity index (χ0n) is 8.56. The lowest BCUT2D eigenvalue weighted by atomic mass is 10.2. The maximum Gasteiger partial charge on any atom is 0.227 e. The van der Waals surface area contributed by atoms with Gasteiger partial charge in [0.05, 0.1) is 10.2 Å². The molecule has 0 radical (unpaired) electrons. The molecule has 0 aromatic heterocycles. The third-order valence-corrected chi connectivity index (χ3v) is 3.32. The molecule has 0 bridgehead atoms. The van der Waals surface area contributed by atoms with Crippen LogP contribution in [0.5, 0.6) is 0 Å². The molecular formula is C11H10BrF2NO. The Bertz CT molecular complexity index is 450. The largest absolute Gasteiger partial charge is 0.323 e. The molecule has 2 atom stereocenters. The first-order chi connectivity index (χ1) is 7.49. The molecule has 1 N–H and O–H groups in total. The number of carbonyl (C=O) groups is 1. The van der Waals surface area contributed by atoms with E-state index < -0.39 is 11.6 Å². The van der Waals surface area contributed by atoms with Crippen molar-refractivity contribution in [2.45, 2.75) is 13.3 Å². The highest BCUT2D eigenvalue weighted by Gasteiger charge is 2.39. The maximum atomic E-state index is 13.4. The summed E-state index contributed by atoms with van der Waals surface area (Å²) >= 11 is 2.87. The molecule has 1 fully saturated rings. The summed E-state index contributed by atoms with van der Waals surface area (Å²) in [6.07, 6.45) is 0.812. The van der Waals surface area contributed by atoms with Crippen LogP contribution >= 0.6 is 15.9 Å². The number of hydrogen-bond acceptors (Lipinski definition) is 1. The maximum absolute atomic E-state index is 13.4. The highest BCUT2D eigenvalue weighted by molar-refractivity contribution is 9.10. The highest BCUT2D eigenvalue weighted by Crippen LogP contribution is 2.38. The lowest BCUT2D eigenvalue weighted by Crippen LogP contribution is -2.15. The molecule has 1 aromatic carbocycles. The molecule has 2 rings (SSSR count). The number of halogens is 3. The first-order valence-corrected chi connectivity index (χ1v) is 5.73. The van der Waals surface area contributed by atoms with Crippen LogP contribution in [0.1, 0.15) is 13.3 Å². The first kappa shape index (κ1) is 11.5. The van der Waals surface area contributed by atoms with Gasteiger partial charge in [-0.25, -0.2) is 8.78 Å². The molecule has 0 spiro atoms. The molecule has 0 saturated heterocycles. The van der Waals surface area contributed by atoms with Crippen molar-refractivity contribution in [3.05, 3.63) is 28.2 Å². The van der Waals surface area contributed by atoms with Crippen LogP contribution in [0.3, 0.4) is 0 Å². The van der Waals surface area contributed by atoms with Crippen molar-refractivity contribution in [1.29, 1.82) is 0 Å². The van der Waals surface area contributed by atoms with Gasteiger partial charge in [-0.2, -0.15) is 0 Å². The second-order valence-corrected chi connectivity index (χ2v) is 4.91. The molecule has 0 heterocycles. The summed E-state index contributed by atoms with van der Waals surface area (Å²) < 4.78 is 26.5. The van der Waals surface area contributed by atoms with Crippen LogP contribution in [-0.2, 0) is 4.79 Å². The monoisotopic (exact) mass is 289 g/mol. The van der Waals surface area contributed by atoms with E-state index in [-0.39, 0.29) is 22.0 Å². The summed E-state index contributed by atoms with van der Waals surface area (Å²) in [6.45, 7) is 1.95. The molecule has 1 aliphatic rings. The van der Waals surface area contributed by atoms with Gasteiger partial charge in [0, 0.05) is 12.0 Å². The van der Waals surface area contributed by atoms with Gasteiger partial charge in [-0.15, -0.1) is 0 Å². The Morgan fingerprint density at radius 2 is 2.06 bits per heavy atom. The standard InChI is InChI=1S/C11H10BrF2NO/c1-5-2-6(5)11(16)15-10-4-8(13)7(12)3-9(10)14/h3-6H,2H2,1H3,(H,15,16). The minimum Gasteiger partial charge on any atom is -0.323 e. The summed E-state index contributed by atoms with van der Waals surface area (Å²) in [4.78, 5) is 11.5. The van der Waals surface area contributed by atoms with E-state index in [1.54, 1.807) is 0 Å². The molecule has 2 unspecified atom stereocenters. The van der Waals surface area contributed by atoms with Crippen molar-refractivity contribution >= 4 is 27.5 Å². The predicted octanol–water partition coefficient (Wildman–Crippen LogP) is 3.32. The Balaban J connectivity index is 2.15. The van der Waals surface area contributed by atoms with Gasteiger partial charge in [0.1, 0.15) is 11.6 Å². The second kappa shape index (κ2) is 4.13. The molecule has 1 aliphatic carbocycles. The van der Waals surface area contributed by atoms with Crippen LogP contribution in [-0.4, -0.2) is 5.91 Å². The number of nitrogens with one attached hydrogen (secondary N) is 1. The Labute approximate surface area is 100 Å². The summed E-state index contributed by atoms with van der Waals surface area (Å²) in [6, 6.07) is 1.98. The normalized spacial score (nSPS) is 23.0. The number of benzene rings is 1. The minimum absolute atomic E-state index is 0.0442. The molecule has 2 nitrogen and oxygen atoms in total. The van der Waals surface area contributed by atoms with Crippen molar-refractivity contribution in [3.63, 3.8) is 0 Å². The highest BCUT2D eigenvalue weighted by atomic mass is 79.9. The van der Waals surface area contributed by atoms with E-state index >= 15 is 0 Å². The second-order valence-electron chi connectivity index (χ2n) is 4.05. The first-order valence-electron chi connectivity index (χ1n) is 4.94.